The minimum atomic E-state index is -0.907. The normalized spacial score (nSPS) is 19.4. The first-order chi connectivity index (χ1) is 12.2. The number of amides is 1. The summed E-state index contributed by atoms with van der Waals surface area (Å²) in [7, 11) is 0. The number of aliphatic carboxylic acids is 1. The second-order valence-corrected chi connectivity index (χ2v) is 6.24. The summed E-state index contributed by atoms with van der Waals surface area (Å²) in [4.78, 5) is 26.5. The third-order valence-corrected chi connectivity index (χ3v) is 4.58. The van der Waals surface area contributed by atoms with Gasteiger partial charge in [0.2, 0.25) is 5.91 Å². The molecular weight excluding hydrogens is 314 g/mol. The third-order valence-electron chi connectivity index (χ3n) is 4.58. The van der Waals surface area contributed by atoms with E-state index in [4.69, 9.17) is 0 Å². The summed E-state index contributed by atoms with van der Waals surface area (Å²) in [5.74, 6) is -2.24. The lowest BCUT2D eigenvalue weighted by molar-refractivity contribution is -0.146. The summed E-state index contributed by atoms with van der Waals surface area (Å²) in [6, 6.07) is 19.2. The first-order valence-electron chi connectivity index (χ1n) is 8.45. The number of hydrogen-bond donors (Lipinski definition) is 1. The Bertz CT molecular complexity index is 755. The number of anilines is 1. The second-order valence-electron chi connectivity index (χ2n) is 6.24. The Balaban J connectivity index is 1.92. The monoisotopic (exact) mass is 335 g/mol. The molecule has 0 spiro atoms. The standard InChI is InChI=1S/C21H21NO3/c23-20(18-13-7-8-14-19(18)21(24)25)22(17-11-5-2-6-12-17)15-16-9-3-1-4-10-16/h1-12,18-19H,13-15H2,(H,24,25)/t18-,19+/m1/s1. The molecule has 0 fully saturated rings. The molecule has 1 aliphatic carbocycles. The van der Waals surface area contributed by atoms with Gasteiger partial charge in [0.1, 0.15) is 0 Å². The van der Waals surface area contributed by atoms with E-state index in [2.05, 4.69) is 0 Å². The van der Waals surface area contributed by atoms with Crippen LogP contribution in [0.25, 0.3) is 0 Å². The lowest BCUT2D eigenvalue weighted by atomic mass is 9.82. The highest BCUT2D eigenvalue weighted by molar-refractivity contribution is 5.97. The maximum Gasteiger partial charge on any atom is 0.307 e. The van der Waals surface area contributed by atoms with Crippen molar-refractivity contribution in [1.29, 1.82) is 0 Å². The number of para-hydroxylation sites is 1. The third kappa shape index (κ3) is 3.97. The number of carbonyl (C=O) groups excluding carboxylic acids is 1. The van der Waals surface area contributed by atoms with Crippen LogP contribution in [0.15, 0.2) is 72.8 Å². The smallest absolute Gasteiger partial charge is 0.307 e. The van der Waals surface area contributed by atoms with Crippen LogP contribution < -0.4 is 4.90 Å². The zero-order valence-electron chi connectivity index (χ0n) is 13.9. The molecule has 0 heterocycles. The van der Waals surface area contributed by atoms with E-state index in [1.54, 1.807) is 4.90 Å². The zero-order valence-corrected chi connectivity index (χ0v) is 13.9. The van der Waals surface area contributed by atoms with Gasteiger partial charge in [0, 0.05) is 5.69 Å². The van der Waals surface area contributed by atoms with Gasteiger partial charge < -0.3 is 10.0 Å². The SMILES string of the molecule is O=C(O)[C@H]1CC=CC[C@H]1C(=O)N(Cc1ccccc1)c1ccccc1. The molecule has 0 saturated heterocycles. The minimum absolute atomic E-state index is 0.133. The molecule has 0 unspecified atom stereocenters. The van der Waals surface area contributed by atoms with Gasteiger partial charge in [-0.15, -0.1) is 0 Å². The van der Waals surface area contributed by atoms with Crippen molar-refractivity contribution in [2.24, 2.45) is 11.8 Å². The number of allylic oxidation sites excluding steroid dienone is 2. The lowest BCUT2D eigenvalue weighted by Gasteiger charge is -2.31. The quantitative estimate of drug-likeness (QED) is 0.844. The number of nitrogens with zero attached hydrogens (tertiary/aromatic N) is 1. The first-order valence-corrected chi connectivity index (χ1v) is 8.45. The van der Waals surface area contributed by atoms with Crippen LogP contribution in [-0.4, -0.2) is 17.0 Å². The van der Waals surface area contributed by atoms with Crippen molar-refractivity contribution < 1.29 is 14.7 Å². The molecule has 25 heavy (non-hydrogen) atoms. The molecule has 128 valence electrons. The summed E-state index contributed by atoms with van der Waals surface area (Å²) >= 11 is 0. The van der Waals surface area contributed by atoms with Crippen molar-refractivity contribution in [3.05, 3.63) is 78.4 Å². The molecule has 1 N–H and O–H groups in total. The number of carbonyl (C=O) groups is 2. The van der Waals surface area contributed by atoms with Gasteiger partial charge in [-0.3, -0.25) is 9.59 Å². The fourth-order valence-corrected chi connectivity index (χ4v) is 3.23. The molecule has 2 atom stereocenters. The van der Waals surface area contributed by atoms with E-state index in [9.17, 15) is 14.7 Å². The number of carboxylic acid groups (broad SMARTS) is 1. The van der Waals surface area contributed by atoms with Crippen LogP contribution in [0.2, 0.25) is 0 Å². The highest BCUT2D eigenvalue weighted by atomic mass is 16.4. The minimum Gasteiger partial charge on any atom is -0.481 e. The summed E-state index contributed by atoms with van der Waals surface area (Å²) in [6.45, 7) is 0.427. The molecule has 2 aromatic carbocycles. The van der Waals surface area contributed by atoms with Crippen LogP contribution in [-0.2, 0) is 16.1 Å². The number of rotatable bonds is 5. The second kappa shape index (κ2) is 7.79. The van der Waals surface area contributed by atoms with E-state index >= 15 is 0 Å². The van der Waals surface area contributed by atoms with Crippen molar-refractivity contribution in [2.45, 2.75) is 19.4 Å². The van der Waals surface area contributed by atoms with Crippen LogP contribution in [0.3, 0.4) is 0 Å². The summed E-state index contributed by atoms with van der Waals surface area (Å²) in [5.41, 5.74) is 1.80. The molecule has 4 heteroatoms. The lowest BCUT2D eigenvalue weighted by Crippen LogP contribution is -2.41. The molecule has 3 rings (SSSR count). The first kappa shape index (κ1) is 17.0. The Kier molecular flexibility index (Phi) is 5.29. The Morgan fingerprint density at radius 2 is 1.44 bits per heavy atom. The van der Waals surface area contributed by atoms with E-state index in [1.807, 2.05) is 72.8 Å². The van der Waals surface area contributed by atoms with Crippen molar-refractivity contribution in [1.82, 2.24) is 0 Å². The Morgan fingerprint density at radius 3 is 2.04 bits per heavy atom. The van der Waals surface area contributed by atoms with Crippen LogP contribution >= 0.6 is 0 Å². The predicted octanol–water partition coefficient (Wildman–Crippen LogP) is 3.89. The molecule has 0 saturated carbocycles. The maximum absolute atomic E-state index is 13.2. The highest BCUT2D eigenvalue weighted by Gasteiger charge is 2.36. The van der Waals surface area contributed by atoms with Crippen LogP contribution in [0, 0.1) is 11.8 Å². The predicted molar refractivity (Wildman–Crippen MR) is 97.1 cm³/mol. The molecule has 1 amide bonds. The van der Waals surface area contributed by atoms with Gasteiger partial charge in [-0.25, -0.2) is 0 Å². The van der Waals surface area contributed by atoms with Gasteiger partial charge in [0.15, 0.2) is 0 Å². The van der Waals surface area contributed by atoms with Crippen LogP contribution in [0.4, 0.5) is 5.69 Å². The topological polar surface area (TPSA) is 57.6 Å². The molecule has 2 aromatic rings. The van der Waals surface area contributed by atoms with Crippen molar-refractivity contribution in [3.8, 4) is 0 Å². The number of carboxylic acids is 1. The summed E-state index contributed by atoms with van der Waals surface area (Å²) in [5, 5.41) is 9.50. The van der Waals surface area contributed by atoms with Gasteiger partial charge in [0.05, 0.1) is 18.4 Å². The van der Waals surface area contributed by atoms with Gasteiger partial charge in [-0.05, 0) is 30.5 Å². The number of benzene rings is 2. The van der Waals surface area contributed by atoms with Gasteiger partial charge in [-0.1, -0.05) is 60.7 Å². The average molecular weight is 335 g/mol. The average Bonchev–Trinajstić information content (AvgIpc) is 2.67. The Labute approximate surface area is 147 Å². The highest BCUT2D eigenvalue weighted by Crippen LogP contribution is 2.30. The van der Waals surface area contributed by atoms with Crippen LogP contribution in [0.1, 0.15) is 18.4 Å². The van der Waals surface area contributed by atoms with E-state index in [0.717, 1.165) is 11.3 Å². The number of hydrogen-bond acceptors (Lipinski definition) is 2. The van der Waals surface area contributed by atoms with Gasteiger partial charge in [-0.2, -0.15) is 0 Å². The molecule has 0 aromatic heterocycles. The fourth-order valence-electron chi connectivity index (χ4n) is 3.23. The van der Waals surface area contributed by atoms with E-state index in [0.29, 0.717) is 19.4 Å². The molecule has 4 nitrogen and oxygen atoms in total. The van der Waals surface area contributed by atoms with E-state index in [1.165, 1.54) is 0 Å². The Morgan fingerprint density at radius 1 is 0.880 bits per heavy atom. The molecule has 0 aliphatic heterocycles. The molecular formula is C21H21NO3. The van der Waals surface area contributed by atoms with Crippen molar-refractivity contribution in [3.63, 3.8) is 0 Å². The van der Waals surface area contributed by atoms with Gasteiger partial charge >= 0.3 is 5.97 Å². The molecule has 1 aliphatic rings. The fraction of sp³-hybridized carbons (Fsp3) is 0.238. The van der Waals surface area contributed by atoms with Crippen molar-refractivity contribution >= 4 is 17.6 Å². The zero-order chi connectivity index (χ0) is 17.6. The summed E-state index contributed by atoms with van der Waals surface area (Å²) in [6.07, 6.45) is 4.63. The van der Waals surface area contributed by atoms with Gasteiger partial charge in [0.25, 0.3) is 0 Å². The Hall–Kier alpha value is -2.88. The molecule has 0 radical (unpaired) electrons. The van der Waals surface area contributed by atoms with E-state index in [-0.39, 0.29) is 5.91 Å². The largest absolute Gasteiger partial charge is 0.481 e. The van der Waals surface area contributed by atoms with E-state index < -0.39 is 17.8 Å². The van der Waals surface area contributed by atoms with Crippen molar-refractivity contribution in [2.75, 3.05) is 4.90 Å². The summed E-state index contributed by atoms with van der Waals surface area (Å²) < 4.78 is 0. The maximum atomic E-state index is 13.2. The van der Waals surface area contributed by atoms with Crippen LogP contribution in [0.5, 0.6) is 0 Å². The molecule has 0 bridgehead atoms.